The van der Waals surface area contributed by atoms with Gasteiger partial charge < -0.3 is 47.8 Å². The third-order valence-electron chi connectivity index (χ3n) is 4.46. The van der Waals surface area contributed by atoms with Gasteiger partial charge in [0.1, 0.15) is 24.2 Å². The van der Waals surface area contributed by atoms with Gasteiger partial charge in [0.2, 0.25) is 23.6 Å². The summed E-state index contributed by atoms with van der Waals surface area (Å²) in [6.45, 7) is 2.38. The lowest BCUT2D eigenvalue weighted by atomic mass is 10.1. The molecule has 0 bridgehead atoms. The molecule has 15 nitrogen and oxygen atoms in total. The molecule has 11 N–H and O–H groups in total. The van der Waals surface area contributed by atoms with Gasteiger partial charge in [0.05, 0.1) is 12.2 Å². The molecule has 0 aromatic carbocycles. The van der Waals surface area contributed by atoms with Crippen molar-refractivity contribution < 1.29 is 49.2 Å². The van der Waals surface area contributed by atoms with Gasteiger partial charge >= 0.3 is 11.9 Å². The maximum absolute atomic E-state index is 12.6. The summed E-state index contributed by atoms with van der Waals surface area (Å²) in [5.41, 5.74) is 10.4. The third kappa shape index (κ3) is 11.2. The molecular formula is C18H31N5O10. The summed E-state index contributed by atoms with van der Waals surface area (Å²) in [5, 5.41) is 43.7. The van der Waals surface area contributed by atoms with Gasteiger partial charge in [0.15, 0.2) is 0 Å². The first-order valence-corrected chi connectivity index (χ1v) is 9.93. The van der Waals surface area contributed by atoms with E-state index < -0.39 is 84.8 Å². The van der Waals surface area contributed by atoms with E-state index in [4.69, 9.17) is 16.6 Å². The fourth-order valence-corrected chi connectivity index (χ4v) is 2.49. The average molecular weight is 477 g/mol. The van der Waals surface area contributed by atoms with E-state index in [0.717, 1.165) is 6.92 Å². The number of hydrogen-bond acceptors (Lipinski definition) is 9. The average Bonchev–Trinajstić information content (AvgIpc) is 2.69. The topological polar surface area (TPSA) is 271 Å². The van der Waals surface area contributed by atoms with Crippen LogP contribution >= 0.6 is 0 Å². The van der Waals surface area contributed by atoms with Crippen LogP contribution in [0.4, 0.5) is 0 Å². The van der Waals surface area contributed by atoms with Crippen LogP contribution in [0.15, 0.2) is 0 Å². The third-order valence-corrected chi connectivity index (χ3v) is 4.46. The van der Waals surface area contributed by atoms with Crippen molar-refractivity contribution in [2.45, 2.75) is 75.9 Å². The molecule has 6 unspecified atom stereocenters. The lowest BCUT2D eigenvalue weighted by molar-refractivity contribution is -0.143. The quantitative estimate of drug-likeness (QED) is 0.109. The number of nitrogens with two attached hydrogens (primary N) is 2. The zero-order valence-electron chi connectivity index (χ0n) is 18.2. The second-order valence-corrected chi connectivity index (χ2v) is 7.39. The molecule has 0 rings (SSSR count). The molecule has 0 spiro atoms. The molecule has 0 saturated carbocycles. The maximum atomic E-state index is 12.6. The van der Waals surface area contributed by atoms with Crippen molar-refractivity contribution in [3.05, 3.63) is 0 Å². The fourth-order valence-electron chi connectivity index (χ4n) is 2.49. The van der Waals surface area contributed by atoms with Gasteiger partial charge in [-0.2, -0.15) is 0 Å². The number of carbonyl (C=O) groups excluding carboxylic acids is 4. The number of carboxylic acid groups (broad SMARTS) is 2. The first-order valence-electron chi connectivity index (χ1n) is 9.93. The number of carbonyl (C=O) groups is 6. The predicted molar refractivity (Wildman–Crippen MR) is 110 cm³/mol. The number of amides is 4. The number of hydrogen-bond donors (Lipinski definition) is 9. The summed E-state index contributed by atoms with van der Waals surface area (Å²) in [4.78, 5) is 70.4. The summed E-state index contributed by atoms with van der Waals surface area (Å²) < 4.78 is 0. The Labute approximate surface area is 188 Å². The first kappa shape index (κ1) is 29.7. The fraction of sp³-hybridized carbons (Fsp3) is 0.667. The minimum atomic E-state index is -1.63. The minimum absolute atomic E-state index is 0.348. The van der Waals surface area contributed by atoms with Gasteiger partial charge in [-0.15, -0.1) is 0 Å². The number of aliphatic hydroxyl groups is 2. The highest BCUT2D eigenvalue weighted by Gasteiger charge is 2.33. The van der Waals surface area contributed by atoms with Crippen LogP contribution in [0.1, 0.15) is 39.5 Å². The monoisotopic (exact) mass is 477 g/mol. The number of primary amides is 1. The highest BCUT2D eigenvalue weighted by atomic mass is 16.4. The van der Waals surface area contributed by atoms with Crippen molar-refractivity contribution >= 4 is 35.6 Å². The number of nitrogens with one attached hydrogen (secondary N) is 3. The van der Waals surface area contributed by atoms with E-state index in [9.17, 15) is 44.1 Å². The van der Waals surface area contributed by atoms with Crippen LogP contribution in [0, 0.1) is 0 Å². The Morgan fingerprint density at radius 1 is 0.758 bits per heavy atom. The van der Waals surface area contributed by atoms with Crippen LogP contribution in [-0.2, 0) is 28.8 Å². The Kier molecular flexibility index (Phi) is 12.6. The van der Waals surface area contributed by atoms with Gasteiger partial charge in [-0.05, 0) is 26.7 Å². The summed E-state index contributed by atoms with van der Waals surface area (Å²) in [7, 11) is 0. The van der Waals surface area contributed by atoms with Crippen LogP contribution in [0.25, 0.3) is 0 Å². The van der Waals surface area contributed by atoms with Gasteiger partial charge in [-0.25, -0.2) is 4.79 Å². The SMILES string of the molecule is CC(O)C(N)C(=O)NC(C(=O)NC(CCC(=O)O)C(=O)NC(CCC(N)=O)C(=O)O)C(C)O. The summed E-state index contributed by atoms with van der Waals surface area (Å²) in [6, 6.07) is -6.17. The second kappa shape index (κ2) is 14.0. The molecule has 0 aliphatic carbocycles. The molecule has 0 saturated heterocycles. The summed E-state index contributed by atoms with van der Waals surface area (Å²) in [5.74, 6) is -6.75. The summed E-state index contributed by atoms with van der Waals surface area (Å²) >= 11 is 0. The van der Waals surface area contributed by atoms with E-state index in [1.165, 1.54) is 6.92 Å². The molecule has 0 aromatic heterocycles. The highest BCUT2D eigenvalue weighted by Crippen LogP contribution is 2.05. The van der Waals surface area contributed by atoms with E-state index in [2.05, 4.69) is 16.0 Å². The van der Waals surface area contributed by atoms with E-state index in [-0.39, 0.29) is 12.8 Å². The molecule has 0 aliphatic rings. The molecule has 0 fully saturated rings. The number of aliphatic carboxylic acids is 2. The van der Waals surface area contributed by atoms with Gasteiger partial charge in [-0.1, -0.05) is 0 Å². The van der Waals surface area contributed by atoms with E-state index >= 15 is 0 Å². The Bertz CT molecular complexity index is 742. The zero-order valence-corrected chi connectivity index (χ0v) is 18.2. The Balaban J connectivity index is 5.53. The van der Waals surface area contributed by atoms with E-state index in [1.807, 2.05) is 0 Å². The number of rotatable bonds is 15. The Morgan fingerprint density at radius 3 is 1.70 bits per heavy atom. The van der Waals surface area contributed by atoms with Crippen molar-refractivity contribution in [1.29, 1.82) is 0 Å². The predicted octanol–water partition coefficient (Wildman–Crippen LogP) is -4.26. The molecule has 33 heavy (non-hydrogen) atoms. The molecule has 0 aromatic rings. The van der Waals surface area contributed by atoms with Gasteiger partial charge in [0.25, 0.3) is 0 Å². The Hall–Kier alpha value is -3.30. The molecule has 6 atom stereocenters. The standard InChI is InChI=1S/C18H31N5O10/c1-7(24)13(20)16(30)23-14(8(2)25)17(31)21-9(4-6-12(27)28)15(29)22-10(18(32)33)3-5-11(19)26/h7-10,13-14,24-25H,3-6,20H2,1-2H3,(H2,19,26)(H,21,31)(H,22,29)(H,23,30)(H,27,28)(H,32,33). The Morgan fingerprint density at radius 2 is 1.27 bits per heavy atom. The molecule has 188 valence electrons. The molecule has 0 radical (unpaired) electrons. The van der Waals surface area contributed by atoms with Crippen LogP contribution in [0.3, 0.4) is 0 Å². The molecule has 4 amide bonds. The highest BCUT2D eigenvalue weighted by molar-refractivity contribution is 5.94. The van der Waals surface area contributed by atoms with Crippen molar-refractivity contribution in [3.8, 4) is 0 Å². The molecular weight excluding hydrogens is 446 g/mol. The number of carboxylic acids is 2. The largest absolute Gasteiger partial charge is 0.481 e. The lowest BCUT2D eigenvalue weighted by Crippen LogP contribution is -2.60. The smallest absolute Gasteiger partial charge is 0.326 e. The molecule has 0 heterocycles. The van der Waals surface area contributed by atoms with Crippen molar-refractivity contribution in [2.75, 3.05) is 0 Å². The minimum Gasteiger partial charge on any atom is -0.481 e. The first-order chi connectivity index (χ1) is 15.2. The van der Waals surface area contributed by atoms with E-state index in [0.29, 0.717) is 0 Å². The van der Waals surface area contributed by atoms with Crippen molar-refractivity contribution in [1.82, 2.24) is 16.0 Å². The lowest BCUT2D eigenvalue weighted by Gasteiger charge is -2.26. The van der Waals surface area contributed by atoms with Crippen LogP contribution in [0.2, 0.25) is 0 Å². The van der Waals surface area contributed by atoms with Gasteiger partial charge in [-0.3, -0.25) is 24.0 Å². The van der Waals surface area contributed by atoms with Crippen LogP contribution in [-0.4, -0.2) is 92.4 Å². The van der Waals surface area contributed by atoms with Crippen LogP contribution < -0.4 is 27.4 Å². The normalized spacial score (nSPS) is 16.3. The van der Waals surface area contributed by atoms with Gasteiger partial charge in [0, 0.05) is 12.8 Å². The van der Waals surface area contributed by atoms with E-state index in [1.54, 1.807) is 0 Å². The van der Waals surface area contributed by atoms with Crippen molar-refractivity contribution in [3.63, 3.8) is 0 Å². The molecule has 15 heteroatoms. The second-order valence-electron chi connectivity index (χ2n) is 7.39. The number of aliphatic hydroxyl groups excluding tert-OH is 2. The summed E-state index contributed by atoms with van der Waals surface area (Å²) in [6.07, 6.45) is -4.51. The molecule has 0 aliphatic heterocycles. The zero-order chi connectivity index (χ0) is 25.9. The maximum Gasteiger partial charge on any atom is 0.326 e. The van der Waals surface area contributed by atoms with Crippen molar-refractivity contribution in [2.24, 2.45) is 11.5 Å². The van der Waals surface area contributed by atoms with Crippen LogP contribution in [0.5, 0.6) is 0 Å².